The average molecular weight is 343 g/mol. The van der Waals surface area contributed by atoms with Crippen LogP contribution in [0.15, 0.2) is 42.5 Å². The molecule has 5 heteroatoms. The Morgan fingerprint density at radius 2 is 2.00 bits per heavy atom. The Labute approximate surface area is 121 Å². The number of benzene rings is 1. The van der Waals surface area contributed by atoms with E-state index in [9.17, 15) is 0 Å². The van der Waals surface area contributed by atoms with Crippen LogP contribution in [0.1, 0.15) is 0 Å². The summed E-state index contributed by atoms with van der Waals surface area (Å²) in [5, 5.41) is 6.56. The number of fused-ring (bicyclic) bond motifs is 1. The predicted molar refractivity (Wildman–Crippen MR) is 76.1 cm³/mol. The first-order chi connectivity index (χ1) is 8.38. The molecule has 1 aliphatic heterocycles. The van der Waals surface area contributed by atoms with Crippen molar-refractivity contribution >= 4 is 40.8 Å². The van der Waals surface area contributed by atoms with Crippen LogP contribution in [0.4, 0.5) is 0 Å². The third kappa shape index (κ3) is 6.50. The van der Waals surface area contributed by atoms with Crippen molar-refractivity contribution in [1.29, 1.82) is 0 Å². The van der Waals surface area contributed by atoms with Crippen LogP contribution < -0.4 is 0 Å². The Morgan fingerprint density at radius 3 is 2.53 bits per heavy atom. The minimum atomic E-state index is -0.826. The van der Waals surface area contributed by atoms with E-state index in [4.69, 9.17) is 17.0 Å². The molecule has 0 bridgehead atoms. The third-order valence-corrected chi connectivity index (χ3v) is 2.18. The Morgan fingerprint density at radius 1 is 1.24 bits per heavy atom. The van der Waals surface area contributed by atoms with Crippen LogP contribution in [0.2, 0.25) is 6.32 Å². The van der Waals surface area contributed by atoms with Gasteiger partial charge in [0.2, 0.25) is 0 Å². The number of rotatable bonds is 0. The predicted octanol–water partition coefficient (Wildman–Crippen LogP) is 4.19. The van der Waals surface area contributed by atoms with E-state index in [0.717, 1.165) is 12.9 Å². The van der Waals surface area contributed by atoms with Crippen LogP contribution in [0.3, 0.4) is 0 Å². The molecule has 1 nitrogen and oxygen atoms in total. The number of hydrogen-bond acceptors (Lipinski definition) is 0. The summed E-state index contributed by atoms with van der Waals surface area (Å²) in [6.07, 6.45) is 3.01. The number of hydrogen-bond donors (Lipinski definition) is 0. The van der Waals surface area contributed by atoms with Gasteiger partial charge in [0.15, 0.2) is 0 Å². The fourth-order valence-corrected chi connectivity index (χ4v) is 1.44. The standard InChI is InChI=1S/C9H7.C3H5BN.2ClH.Zr/c1-2-5-9-7-3-6-8(9)4-1;1-2-5-3-4-1;;;/h1-7H;3H,1-2H2;2*1H;/q2*-1;;;+4/p-2. The Bertz CT molecular complexity index is 409. The molecule has 1 heterocycles. The van der Waals surface area contributed by atoms with E-state index in [-0.39, 0.29) is 0 Å². The van der Waals surface area contributed by atoms with Crippen molar-refractivity contribution in [2.45, 2.75) is 6.32 Å². The largest absolute Gasteiger partial charge is 0.168 e. The summed E-state index contributed by atoms with van der Waals surface area (Å²) in [5.74, 6) is 0. The second-order valence-electron chi connectivity index (χ2n) is 3.31. The zero-order valence-corrected chi connectivity index (χ0v) is 13.3. The van der Waals surface area contributed by atoms with Gasteiger partial charge >= 0.3 is 69.1 Å². The second-order valence-corrected chi connectivity index (χ2v) is 7.04. The molecule has 0 fully saturated rings. The molecule has 0 N–H and O–H groups in total. The van der Waals surface area contributed by atoms with Crippen LogP contribution in [0.5, 0.6) is 0 Å². The van der Waals surface area contributed by atoms with E-state index in [0.29, 0.717) is 0 Å². The summed E-state index contributed by atoms with van der Waals surface area (Å²) in [4.78, 5) is 0. The first kappa shape index (κ1) is 15.1. The fraction of sp³-hybridized carbons (Fsp3) is 0.167. The molecule has 3 rings (SSSR count). The van der Waals surface area contributed by atoms with Crippen LogP contribution >= 0.6 is 17.0 Å². The van der Waals surface area contributed by atoms with Gasteiger partial charge in [-0.05, 0) is 0 Å². The van der Waals surface area contributed by atoms with Crippen molar-refractivity contribution in [2.75, 3.05) is 6.54 Å². The molecule has 0 radical (unpaired) electrons. The molecule has 0 aliphatic carbocycles. The summed E-state index contributed by atoms with van der Waals surface area (Å²) >= 11 is -0.826. The summed E-state index contributed by atoms with van der Waals surface area (Å²) in [6.45, 7) is 3.08. The third-order valence-electron chi connectivity index (χ3n) is 2.18. The van der Waals surface area contributed by atoms with Gasteiger partial charge in [0.25, 0.3) is 0 Å². The maximum absolute atomic E-state index is 4.93. The van der Waals surface area contributed by atoms with Crippen molar-refractivity contribution in [3.8, 4) is 0 Å². The van der Waals surface area contributed by atoms with Gasteiger partial charge in [-0.25, -0.2) is 0 Å². The molecule has 0 spiro atoms. The first-order valence-corrected chi connectivity index (χ1v) is 11.6. The fourth-order valence-electron chi connectivity index (χ4n) is 1.44. The second kappa shape index (κ2) is 10.00. The molecule has 17 heavy (non-hydrogen) atoms. The Balaban J connectivity index is 0.000000154. The molecule has 0 unspecified atom stereocenters. The molecule has 2 aromatic rings. The van der Waals surface area contributed by atoms with Crippen LogP contribution in [-0.4, -0.2) is 19.6 Å². The summed E-state index contributed by atoms with van der Waals surface area (Å²) in [7, 11) is 9.87. The van der Waals surface area contributed by atoms with Gasteiger partial charge in [0, 0.05) is 0 Å². The van der Waals surface area contributed by atoms with E-state index >= 15 is 0 Å². The van der Waals surface area contributed by atoms with E-state index in [1.54, 1.807) is 0 Å². The van der Waals surface area contributed by atoms with Crippen molar-refractivity contribution in [2.24, 2.45) is 0 Å². The normalized spacial score (nSPS) is 11.2. The maximum Gasteiger partial charge on any atom is -0.0809 e. The van der Waals surface area contributed by atoms with Crippen molar-refractivity contribution in [1.82, 2.24) is 0 Å². The van der Waals surface area contributed by atoms with Gasteiger partial charge < -0.3 is 0 Å². The van der Waals surface area contributed by atoms with Crippen LogP contribution in [0.25, 0.3) is 16.1 Å². The molecule has 0 saturated carbocycles. The van der Waals surface area contributed by atoms with Gasteiger partial charge in [-0.15, -0.1) is 29.7 Å². The van der Waals surface area contributed by atoms with E-state index in [1.807, 2.05) is 6.09 Å². The van der Waals surface area contributed by atoms with Gasteiger partial charge in [-0.1, -0.05) is 6.07 Å². The number of halogens is 2. The summed E-state index contributed by atoms with van der Waals surface area (Å²) in [6, 6.07) is 14.7. The van der Waals surface area contributed by atoms with E-state index in [1.165, 1.54) is 10.8 Å². The van der Waals surface area contributed by atoms with Crippen molar-refractivity contribution in [3.63, 3.8) is 0 Å². The molecular formula is C12H12BCl2NZr. The van der Waals surface area contributed by atoms with Crippen molar-refractivity contribution in [3.05, 3.63) is 47.8 Å². The van der Waals surface area contributed by atoms with Gasteiger partial charge in [-0.2, -0.15) is 17.5 Å². The Kier molecular flexibility index (Phi) is 8.87. The average Bonchev–Trinajstić information content (AvgIpc) is 3.05. The topological polar surface area (TPSA) is 14.1 Å². The summed E-state index contributed by atoms with van der Waals surface area (Å²) in [5.41, 5.74) is 0. The van der Waals surface area contributed by atoms with Gasteiger partial charge in [0.1, 0.15) is 0 Å². The SMILES string of the molecule is B1=C[N-]CC1.[Cl][Zr+2][Cl].c1ccc2[cH-]ccc2c1. The minimum Gasteiger partial charge on any atom is -0.168 e. The summed E-state index contributed by atoms with van der Waals surface area (Å²) < 4.78 is 0. The molecule has 86 valence electrons. The van der Waals surface area contributed by atoms with Crippen LogP contribution in [-0.2, 0) is 20.8 Å². The smallest absolute Gasteiger partial charge is 0.0809 e. The molecule has 0 saturated heterocycles. The van der Waals surface area contributed by atoms with E-state index in [2.05, 4.69) is 54.7 Å². The zero-order valence-electron chi connectivity index (χ0n) is 9.31. The van der Waals surface area contributed by atoms with Gasteiger partial charge in [0.05, 0.1) is 0 Å². The maximum atomic E-state index is 4.93. The monoisotopic (exact) mass is 341 g/mol. The quantitative estimate of drug-likeness (QED) is 0.503. The van der Waals surface area contributed by atoms with Gasteiger partial charge in [-0.3, -0.25) is 0 Å². The van der Waals surface area contributed by atoms with E-state index < -0.39 is 20.8 Å². The zero-order chi connectivity index (χ0) is 12.3. The van der Waals surface area contributed by atoms with Crippen LogP contribution in [0, 0.1) is 0 Å². The molecule has 2 aromatic carbocycles. The first-order valence-electron chi connectivity index (χ1n) is 5.27. The van der Waals surface area contributed by atoms with Crippen molar-refractivity contribution < 1.29 is 20.8 Å². The molecule has 0 amide bonds. The molecule has 1 aliphatic rings. The Hall–Kier alpha value is 0.0281. The molecule has 0 aromatic heterocycles. The molecular weight excluding hydrogens is 331 g/mol. The minimum absolute atomic E-state index is 0.826. The molecule has 0 atom stereocenters. The number of nitrogens with zero attached hydrogens (tertiary/aromatic N) is 1.